The van der Waals surface area contributed by atoms with E-state index in [1.54, 1.807) is 0 Å². The number of ether oxygens (including phenoxy) is 1. The molecular formula is C44H64LiN2OP2+. The van der Waals surface area contributed by atoms with Gasteiger partial charge in [0.2, 0.25) is 5.69 Å². The Bertz CT molecular complexity index is 1550. The third-order valence-electron chi connectivity index (χ3n) is 8.94. The number of rotatable bonds is 15. The van der Waals surface area contributed by atoms with Crippen LogP contribution >= 0.6 is 14.5 Å². The molecule has 4 aromatic carbocycles. The van der Waals surface area contributed by atoms with Crippen molar-refractivity contribution in [1.82, 2.24) is 0 Å². The number of para-hydroxylation sites is 1. The van der Waals surface area contributed by atoms with Gasteiger partial charge in [0.05, 0.1) is 0 Å². The molecule has 0 fully saturated rings. The summed E-state index contributed by atoms with van der Waals surface area (Å²) in [6, 6.07) is 36.4. The van der Waals surface area contributed by atoms with Crippen molar-refractivity contribution < 1.29 is 28.3 Å². The van der Waals surface area contributed by atoms with Crippen molar-refractivity contribution in [2.75, 3.05) is 19.4 Å². The van der Waals surface area contributed by atoms with Crippen LogP contribution in [-0.2, 0) is 4.74 Å². The minimum atomic E-state index is -2.17. The Kier molecular flexibility index (Phi) is 19.5. The summed E-state index contributed by atoms with van der Waals surface area (Å²) in [5.74, 6) is 1.60. The molecule has 2 atom stereocenters. The number of nitrogens with one attached hydrogen (secondary N) is 1. The van der Waals surface area contributed by atoms with E-state index >= 15 is 0 Å². The molecule has 0 aliphatic carbocycles. The van der Waals surface area contributed by atoms with Crippen LogP contribution in [0.3, 0.4) is 0 Å². The first kappa shape index (κ1) is 44.1. The molecule has 0 saturated carbocycles. The van der Waals surface area contributed by atoms with Crippen LogP contribution in [0.4, 0.5) is 11.4 Å². The van der Waals surface area contributed by atoms with Crippen LogP contribution in [0, 0.1) is 0 Å². The Morgan fingerprint density at radius 1 is 0.600 bits per heavy atom. The molecule has 0 spiro atoms. The fraction of sp³-hybridized carbons (Fsp3) is 0.455. The van der Waals surface area contributed by atoms with Crippen LogP contribution in [0.2, 0.25) is 0 Å². The van der Waals surface area contributed by atoms with Crippen LogP contribution in [0.15, 0.2) is 97.1 Å². The largest absolute Gasteiger partial charge is 1.00 e. The number of nitrogens with zero attached hydrogens (tertiary/aromatic N) is 1. The maximum absolute atomic E-state index is 6.07. The fourth-order valence-electron chi connectivity index (χ4n) is 6.25. The van der Waals surface area contributed by atoms with Gasteiger partial charge in [-0.15, -0.1) is 5.69 Å². The molecule has 1 N–H and O–H groups in total. The molecule has 0 amide bonds. The van der Waals surface area contributed by atoms with Crippen molar-refractivity contribution in [3.63, 3.8) is 0 Å². The van der Waals surface area contributed by atoms with Gasteiger partial charge >= 0.3 is 18.9 Å². The molecule has 4 aromatic rings. The van der Waals surface area contributed by atoms with E-state index in [2.05, 4.69) is 164 Å². The van der Waals surface area contributed by atoms with Crippen LogP contribution in [-0.4, -0.2) is 19.4 Å². The van der Waals surface area contributed by atoms with Gasteiger partial charge in [-0.25, -0.2) is 4.74 Å². The SMILES string of the molecule is CCCC[P@](=[NH+]c1c(C(C)C)cccc1C(C)C)(c1ccccc1)[P@@]([N-]c1c(C(C)C)cccc1C(C)C)c1ccccc1.CCOCC.[Li+]. The maximum atomic E-state index is 6.07. The monoisotopic (exact) mass is 705 g/mol. The minimum absolute atomic E-state index is 0. The minimum Gasteiger partial charge on any atom is -0.648 e. The second-order valence-corrected chi connectivity index (χ2v) is 21.2. The van der Waals surface area contributed by atoms with Gasteiger partial charge in [0, 0.05) is 35.8 Å². The second-order valence-electron chi connectivity index (χ2n) is 14.0. The molecule has 50 heavy (non-hydrogen) atoms. The summed E-state index contributed by atoms with van der Waals surface area (Å²) in [6.07, 6.45) is 3.40. The van der Waals surface area contributed by atoms with E-state index in [1.165, 1.54) is 44.2 Å². The quantitative estimate of drug-likeness (QED) is 0.0971. The first-order valence-electron chi connectivity index (χ1n) is 18.6. The van der Waals surface area contributed by atoms with Gasteiger partial charge in [0.1, 0.15) is 6.74 Å². The Balaban J connectivity index is 0.00000135. The van der Waals surface area contributed by atoms with E-state index in [9.17, 15) is 0 Å². The van der Waals surface area contributed by atoms with Gasteiger partial charge in [-0.2, -0.15) is 0 Å². The van der Waals surface area contributed by atoms with Crippen molar-refractivity contribution in [1.29, 1.82) is 0 Å². The molecule has 3 nitrogen and oxygen atoms in total. The zero-order chi connectivity index (χ0) is 36.0. The summed E-state index contributed by atoms with van der Waals surface area (Å²) in [7, 11) is -1.01. The van der Waals surface area contributed by atoms with E-state index < -0.39 is 14.5 Å². The molecule has 6 heteroatoms. The van der Waals surface area contributed by atoms with Gasteiger partial charge in [-0.3, -0.25) is 0 Å². The second kappa shape index (κ2) is 22.1. The molecule has 0 heterocycles. The smallest absolute Gasteiger partial charge is 0.648 e. The topological polar surface area (TPSA) is 37.3 Å². The fourth-order valence-corrected chi connectivity index (χ4v) is 15.8. The summed E-state index contributed by atoms with van der Waals surface area (Å²) < 4.78 is 9.34. The molecule has 0 aromatic heterocycles. The van der Waals surface area contributed by atoms with Crippen molar-refractivity contribution in [2.45, 2.75) is 113 Å². The van der Waals surface area contributed by atoms with Crippen molar-refractivity contribution in [3.8, 4) is 0 Å². The molecule has 0 saturated heterocycles. The van der Waals surface area contributed by atoms with Crippen LogP contribution in [0.1, 0.15) is 135 Å². The number of benzene rings is 4. The molecule has 0 unspecified atom stereocenters. The van der Waals surface area contributed by atoms with Gasteiger partial charge in [-0.1, -0.05) is 173 Å². The summed E-state index contributed by atoms with van der Waals surface area (Å²) in [5.41, 5.74) is 8.07. The van der Waals surface area contributed by atoms with Gasteiger partial charge in [-0.05, 0) is 61.4 Å². The number of hydrogen-bond acceptors (Lipinski definition) is 1. The number of hydrogen-bond donors (Lipinski definition) is 1. The maximum Gasteiger partial charge on any atom is 1.00 e. The Morgan fingerprint density at radius 3 is 1.44 bits per heavy atom. The summed E-state index contributed by atoms with van der Waals surface area (Å²) in [6.45, 7) is 24.4. The van der Waals surface area contributed by atoms with Crippen molar-refractivity contribution in [2.24, 2.45) is 0 Å². The Morgan fingerprint density at radius 2 is 1.04 bits per heavy atom. The summed E-state index contributed by atoms with van der Waals surface area (Å²) in [4.78, 5) is 0. The zero-order valence-corrected chi connectivity index (χ0v) is 35.1. The first-order valence-corrected chi connectivity index (χ1v) is 22.6. The van der Waals surface area contributed by atoms with E-state index in [0.29, 0.717) is 23.7 Å². The summed E-state index contributed by atoms with van der Waals surface area (Å²) in [5, 5.41) is 8.85. The molecule has 0 bridgehead atoms. The average Bonchev–Trinajstić information content (AvgIpc) is 3.10. The molecule has 4 rings (SSSR count). The molecule has 266 valence electrons. The van der Waals surface area contributed by atoms with Crippen LogP contribution in [0.5, 0.6) is 0 Å². The van der Waals surface area contributed by atoms with Gasteiger partial charge < -0.3 is 9.82 Å². The first-order chi connectivity index (χ1) is 23.5. The Labute approximate surface area is 319 Å². The average molecular weight is 706 g/mol. The zero-order valence-electron chi connectivity index (χ0n) is 33.3. The van der Waals surface area contributed by atoms with Crippen molar-refractivity contribution >= 4 is 36.5 Å². The molecule has 0 aliphatic heterocycles. The standard InChI is InChI=1S/C40H53N2P2.C4H10O.Li/c1-10-11-28-44(34-22-16-13-17-23-34,42-40-37(31(6)7)26-19-27-38(40)32(8)9)43(33-20-14-12-15-21-33)41-39-35(29(2)3)24-18-25-36(39)30(4)5;1-3-5-4-2;/h12-27,29-32H,10-11,28H2,1-9H3;3-4H2,1-2H3;/q-1;;+1/p+1/t43-,44-;;/m1../s1. The van der Waals surface area contributed by atoms with Crippen LogP contribution < -0.4 is 34.2 Å². The van der Waals surface area contributed by atoms with E-state index in [1.807, 2.05) is 13.8 Å². The molecule has 0 aliphatic rings. The summed E-state index contributed by atoms with van der Waals surface area (Å²) >= 11 is 0. The molecule has 0 radical (unpaired) electrons. The third-order valence-corrected chi connectivity index (χ3v) is 17.9. The van der Waals surface area contributed by atoms with E-state index in [-0.39, 0.29) is 18.9 Å². The van der Waals surface area contributed by atoms with Crippen LogP contribution in [0.25, 0.3) is 5.09 Å². The third kappa shape index (κ3) is 11.4. The predicted molar refractivity (Wildman–Crippen MR) is 221 cm³/mol. The van der Waals surface area contributed by atoms with Crippen molar-refractivity contribution in [3.05, 3.63) is 124 Å². The van der Waals surface area contributed by atoms with E-state index in [4.69, 9.17) is 9.82 Å². The number of unbranched alkanes of at least 4 members (excludes halogenated alkanes) is 1. The normalized spacial score (nSPS) is 13.0. The Hall–Kier alpha value is -2.10. The van der Waals surface area contributed by atoms with E-state index in [0.717, 1.165) is 32.2 Å². The molecular weight excluding hydrogens is 641 g/mol. The van der Waals surface area contributed by atoms with Gasteiger partial charge in [0.15, 0.2) is 0 Å². The van der Waals surface area contributed by atoms with Gasteiger partial charge in [0.25, 0.3) is 0 Å². The predicted octanol–water partition coefficient (Wildman–Crippen LogP) is 9.61.